The van der Waals surface area contributed by atoms with Crippen molar-refractivity contribution in [3.05, 3.63) is 41.7 Å². The molecule has 0 fully saturated rings. The first-order valence-corrected chi connectivity index (χ1v) is 5.63. The molecule has 0 aliphatic rings. The summed E-state index contributed by atoms with van der Waals surface area (Å²) < 4.78 is 48.0. The molecule has 0 aliphatic carbocycles. The number of alkyl halides is 3. The number of ether oxygens (including phenoxy) is 2. The number of halogens is 3. The molecular formula is C13H11F3N2O2. The van der Waals surface area contributed by atoms with E-state index in [-0.39, 0.29) is 17.5 Å². The Morgan fingerprint density at radius 1 is 1.05 bits per heavy atom. The molecule has 2 rings (SSSR count). The lowest BCUT2D eigenvalue weighted by Gasteiger charge is -2.10. The topological polar surface area (TPSA) is 44.2 Å². The fraction of sp³-hybridized carbons (Fsp3) is 0.231. The molecule has 0 spiro atoms. The summed E-state index contributed by atoms with van der Waals surface area (Å²) in [5.74, 6) is 0.833. The second kappa shape index (κ2) is 5.36. The quantitative estimate of drug-likeness (QED) is 0.863. The molecule has 0 radical (unpaired) electrons. The van der Waals surface area contributed by atoms with Crippen LogP contribution in [0.5, 0.6) is 17.5 Å². The average molecular weight is 284 g/mol. The van der Waals surface area contributed by atoms with E-state index in [1.165, 1.54) is 25.3 Å². The van der Waals surface area contributed by atoms with Crippen molar-refractivity contribution in [1.82, 2.24) is 9.97 Å². The maximum Gasteiger partial charge on any atom is 0.416 e. The van der Waals surface area contributed by atoms with Gasteiger partial charge in [0.25, 0.3) is 0 Å². The molecule has 106 valence electrons. The van der Waals surface area contributed by atoms with Crippen molar-refractivity contribution in [2.75, 3.05) is 7.11 Å². The van der Waals surface area contributed by atoms with Crippen LogP contribution in [0.3, 0.4) is 0 Å². The van der Waals surface area contributed by atoms with E-state index >= 15 is 0 Å². The van der Waals surface area contributed by atoms with E-state index in [9.17, 15) is 13.2 Å². The van der Waals surface area contributed by atoms with Gasteiger partial charge in [-0.25, -0.2) is 0 Å². The van der Waals surface area contributed by atoms with Crippen LogP contribution in [0.25, 0.3) is 0 Å². The van der Waals surface area contributed by atoms with Gasteiger partial charge in [-0.05, 0) is 25.1 Å². The maximum atomic E-state index is 12.6. The summed E-state index contributed by atoms with van der Waals surface area (Å²) >= 11 is 0. The molecule has 0 saturated heterocycles. The molecule has 0 atom stereocenters. The average Bonchev–Trinajstić information content (AvgIpc) is 2.37. The van der Waals surface area contributed by atoms with Crippen LogP contribution < -0.4 is 9.47 Å². The lowest BCUT2D eigenvalue weighted by molar-refractivity contribution is -0.137. The Bertz CT molecular complexity index is 615. The second-order valence-electron chi connectivity index (χ2n) is 3.92. The normalized spacial score (nSPS) is 11.2. The van der Waals surface area contributed by atoms with Crippen molar-refractivity contribution in [2.24, 2.45) is 0 Å². The van der Waals surface area contributed by atoms with Crippen LogP contribution in [0.4, 0.5) is 13.2 Å². The molecule has 0 aliphatic heterocycles. The van der Waals surface area contributed by atoms with E-state index in [4.69, 9.17) is 9.47 Å². The first-order chi connectivity index (χ1) is 9.38. The minimum Gasteiger partial charge on any atom is -0.481 e. The fourth-order valence-corrected chi connectivity index (χ4v) is 1.53. The molecule has 1 aromatic heterocycles. The summed E-state index contributed by atoms with van der Waals surface area (Å²) in [5, 5.41) is 0. The molecule has 1 heterocycles. The third-order valence-electron chi connectivity index (χ3n) is 2.38. The van der Waals surface area contributed by atoms with Gasteiger partial charge in [0.15, 0.2) is 0 Å². The molecule has 0 amide bonds. The molecular weight excluding hydrogens is 273 g/mol. The van der Waals surface area contributed by atoms with Crippen LogP contribution in [0, 0.1) is 6.92 Å². The number of aromatic nitrogens is 2. The number of nitrogens with zero attached hydrogens (tertiary/aromatic N) is 2. The standard InChI is InChI=1S/C13H11F3N2O2/c1-8-17-11(19-2)7-12(18-8)20-10-5-3-4-9(6-10)13(14,15)16/h3-7H,1-2H3. The molecule has 7 heteroatoms. The summed E-state index contributed by atoms with van der Waals surface area (Å²) in [6.45, 7) is 1.63. The van der Waals surface area contributed by atoms with Crippen molar-refractivity contribution in [3.63, 3.8) is 0 Å². The van der Waals surface area contributed by atoms with Gasteiger partial charge in [-0.1, -0.05) is 6.07 Å². The zero-order chi connectivity index (χ0) is 14.8. The Kier molecular flexibility index (Phi) is 3.78. The lowest BCUT2D eigenvalue weighted by Crippen LogP contribution is -2.04. The zero-order valence-corrected chi connectivity index (χ0v) is 10.7. The Hall–Kier alpha value is -2.31. The zero-order valence-electron chi connectivity index (χ0n) is 10.7. The van der Waals surface area contributed by atoms with Gasteiger partial charge in [-0.2, -0.15) is 23.1 Å². The van der Waals surface area contributed by atoms with Gasteiger partial charge in [0.05, 0.1) is 18.7 Å². The Morgan fingerprint density at radius 2 is 1.75 bits per heavy atom. The third-order valence-corrected chi connectivity index (χ3v) is 2.38. The van der Waals surface area contributed by atoms with Crippen LogP contribution in [-0.2, 0) is 6.18 Å². The van der Waals surface area contributed by atoms with Crippen LogP contribution in [0.15, 0.2) is 30.3 Å². The number of hydrogen-bond donors (Lipinski definition) is 0. The van der Waals surface area contributed by atoms with Crippen molar-refractivity contribution in [3.8, 4) is 17.5 Å². The molecule has 0 bridgehead atoms. The van der Waals surface area contributed by atoms with Crippen molar-refractivity contribution in [1.29, 1.82) is 0 Å². The van der Waals surface area contributed by atoms with Crippen molar-refractivity contribution < 1.29 is 22.6 Å². The predicted octanol–water partition coefficient (Wildman–Crippen LogP) is 3.60. The summed E-state index contributed by atoms with van der Waals surface area (Å²) in [6.07, 6.45) is -4.42. The van der Waals surface area contributed by atoms with Crippen LogP contribution in [0.2, 0.25) is 0 Å². The largest absolute Gasteiger partial charge is 0.481 e. The number of aryl methyl sites for hydroxylation is 1. The number of rotatable bonds is 3. The molecule has 20 heavy (non-hydrogen) atoms. The van der Waals surface area contributed by atoms with E-state index in [1.54, 1.807) is 6.92 Å². The highest BCUT2D eigenvalue weighted by atomic mass is 19.4. The molecule has 4 nitrogen and oxygen atoms in total. The SMILES string of the molecule is COc1cc(Oc2cccc(C(F)(F)F)c2)nc(C)n1. The Labute approximate surface area is 113 Å². The van der Waals surface area contributed by atoms with Gasteiger partial charge in [0.1, 0.15) is 11.6 Å². The monoisotopic (exact) mass is 284 g/mol. The van der Waals surface area contributed by atoms with Crippen LogP contribution >= 0.6 is 0 Å². The maximum absolute atomic E-state index is 12.6. The number of methoxy groups -OCH3 is 1. The van der Waals surface area contributed by atoms with E-state index in [1.807, 2.05) is 0 Å². The molecule has 0 unspecified atom stereocenters. The summed E-state index contributed by atoms with van der Waals surface area (Å²) in [4.78, 5) is 7.93. The van der Waals surface area contributed by atoms with Gasteiger partial charge < -0.3 is 9.47 Å². The Balaban J connectivity index is 2.28. The Morgan fingerprint density at radius 3 is 2.40 bits per heavy atom. The first-order valence-electron chi connectivity index (χ1n) is 5.63. The fourth-order valence-electron chi connectivity index (χ4n) is 1.53. The van der Waals surface area contributed by atoms with Gasteiger partial charge in [-0.3, -0.25) is 0 Å². The van der Waals surface area contributed by atoms with Crippen LogP contribution in [0.1, 0.15) is 11.4 Å². The van der Waals surface area contributed by atoms with Crippen molar-refractivity contribution >= 4 is 0 Å². The second-order valence-corrected chi connectivity index (χ2v) is 3.92. The minimum atomic E-state index is -4.42. The molecule has 0 N–H and O–H groups in total. The van der Waals surface area contributed by atoms with Gasteiger partial charge in [0.2, 0.25) is 11.8 Å². The highest BCUT2D eigenvalue weighted by Gasteiger charge is 2.30. The summed E-state index contributed by atoms with van der Waals surface area (Å²) in [5.41, 5.74) is -0.784. The molecule has 0 saturated carbocycles. The number of hydrogen-bond acceptors (Lipinski definition) is 4. The molecule has 2 aromatic rings. The lowest BCUT2D eigenvalue weighted by atomic mass is 10.2. The minimum absolute atomic E-state index is 0.0416. The van der Waals surface area contributed by atoms with Crippen LogP contribution in [-0.4, -0.2) is 17.1 Å². The van der Waals surface area contributed by atoms with Crippen molar-refractivity contribution in [2.45, 2.75) is 13.1 Å². The van der Waals surface area contributed by atoms with E-state index in [0.29, 0.717) is 5.82 Å². The highest BCUT2D eigenvalue weighted by molar-refractivity contribution is 5.33. The highest BCUT2D eigenvalue weighted by Crippen LogP contribution is 2.32. The van der Waals surface area contributed by atoms with Gasteiger partial charge in [0, 0.05) is 0 Å². The number of benzene rings is 1. The smallest absolute Gasteiger partial charge is 0.416 e. The predicted molar refractivity (Wildman–Crippen MR) is 64.8 cm³/mol. The van der Waals surface area contributed by atoms with Gasteiger partial charge >= 0.3 is 6.18 Å². The summed E-state index contributed by atoms with van der Waals surface area (Å²) in [6, 6.07) is 5.96. The van der Waals surface area contributed by atoms with E-state index in [0.717, 1.165) is 12.1 Å². The van der Waals surface area contributed by atoms with E-state index < -0.39 is 11.7 Å². The molecule has 1 aromatic carbocycles. The summed E-state index contributed by atoms with van der Waals surface area (Å²) in [7, 11) is 1.43. The third kappa shape index (κ3) is 3.37. The van der Waals surface area contributed by atoms with Gasteiger partial charge in [-0.15, -0.1) is 0 Å². The first kappa shape index (κ1) is 14.1. The van der Waals surface area contributed by atoms with E-state index in [2.05, 4.69) is 9.97 Å².